The van der Waals surface area contributed by atoms with E-state index in [-0.39, 0.29) is 17.4 Å². The summed E-state index contributed by atoms with van der Waals surface area (Å²) in [4.78, 5) is 0.0761. The number of aryl methyl sites for hydroxylation is 1. The summed E-state index contributed by atoms with van der Waals surface area (Å²) in [6.07, 6.45) is 2.65. The fourth-order valence-corrected chi connectivity index (χ4v) is 3.26. The van der Waals surface area contributed by atoms with Gasteiger partial charge in [0.2, 0.25) is 6.79 Å². The number of nitrogen functional groups attached to an aromatic ring is 1. The number of nitrogens with zero attached hydrogens (tertiary/aromatic N) is 2. The van der Waals surface area contributed by atoms with Crippen LogP contribution in [0.5, 0.6) is 11.5 Å². The summed E-state index contributed by atoms with van der Waals surface area (Å²) < 4.78 is 36.2. The first-order valence-electron chi connectivity index (χ1n) is 5.80. The summed E-state index contributed by atoms with van der Waals surface area (Å²) in [5.41, 5.74) is 6.93. The Balaban J connectivity index is 2.35. The first kappa shape index (κ1) is 12.8. The van der Waals surface area contributed by atoms with Gasteiger partial charge in [0.15, 0.2) is 21.3 Å². The maximum absolute atomic E-state index is 12.1. The molecule has 2 heterocycles. The molecule has 1 aromatic heterocycles. The quantitative estimate of drug-likeness (QED) is 0.880. The lowest BCUT2D eigenvalue weighted by Gasteiger charge is -2.10. The zero-order valence-corrected chi connectivity index (χ0v) is 11.8. The molecule has 0 spiro atoms. The molecule has 106 valence electrons. The number of anilines is 1. The van der Waals surface area contributed by atoms with Crippen LogP contribution in [0.3, 0.4) is 0 Å². The van der Waals surface area contributed by atoms with Gasteiger partial charge < -0.3 is 15.2 Å². The monoisotopic (exact) mass is 295 g/mol. The van der Waals surface area contributed by atoms with Gasteiger partial charge in [0.25, 0.3) is 0 Å². The van der Waals surface area contributed by atoms with E-state index in [9.17, 15) is 8.42 Å². The standard InChI is InChI=1S/C12H13N3O4S/c1-15-12(13)8(5-14-15)7-3-4-9-10(19-6-18-9)11(7)20(2,16)17/h3-5H,6,13H2,1-2H3. The lowest BCUT2D eigenvalue weighted by molar-refractivity contribution is 0.172. The van der Waals surface area contributed by atoms with Crippen LogP contribution in [0.15, 0.2) is 23.2 Å². The number of benzene rings is 1. The number of fused-ring (bicyclic) bond motifs is 1. The Labute approximate surface area is 115 Å². The highest BCUT2D eigenvalue weighted by atomic mass is 32.2. The van der Waals surface area contributed by atoms with E-state index in [4.69, 9.17) is 15.2 Å². The maximum atomic E-state index is 12.1. The van der Waals surface area contributed by atoms with Gasteiger partial charge in [0, 0.05) is 24.4 Å². The number of rotatable bonds is 2. The zero-order chi connectivity index (χ0) is 14.5. The van der Waals surface area contributed by atoms with E-state index in [1.54, 1.807) is 19.2 Å². The van der Waals surface area contributed by atoms with E-state index in [0.717, 1.165) is 6.26 Å². The molecule has 8 heteroatoms. The van der Waals surface area contributed by atoms with Crippen LogP contribution in [0.2, 0.25) is 0 Å². The van der Waals surface area contributed by atoms with Crippen molar-refractivity contribution in [3.8, 4) is 22.6 Å². The minimum absolute atomic E-state index is 0.00380. The average molecular weight is 295 g/mol. The summed E-state index contributed by atoms with van der Waals surface area (Å²) in [5, 5.41) is 4.03. The Morgan fingerprint density at radius 2 is 2.05 bits per heavy atom. The van der Waals surface area contributed by atoms with E-state index in [1.807, 2.05) is 0 Å². The van der Waals surface area contributed by atoms with E-state index in [1.165, 1.54) is 10.9 Å². The SMILES string of the molecule is Cn1ncc(-c2ccc3c(c2S(C)(=O)=O)OCO3)c1N. The Hall–Kier alpha value is -2.22. The van der Waals surface area contributed by atoms with Gasteiger partial charge in [0.05, 0.1) is 6.20 Å². The van der Waals surface area contributed by atoms with Crippen molar-refractivity contribution in [2.24, 2.45) is 7.05 Å². The minimum Gasteiger partial charge on any atom is -0.454 e. The van der Waals surface area contributed by atoms with E-state index in [0.29, 0.717) is 22.7 Å². The van der Waals surface area contributed by atoms with Gasteiger partial charge in [-0.3, -0.25) is 4.68 Å². The molecule has 0 bridgehead atoms. The molecule has 0 saturated carbocycles. The molecule has 0 saturated heterocycles. The van der Waals surface area contributed by atoms with Crippen LogP contribution in [0.4, 0.5) is 5.82 Å². The number of hydrogen-bond acceptors (Lipinski definition) is 6. The Kier molecular flexibility index (Phi) is 2.65. The number of nitrogens with two attached hydrogens (primary N) is 1. The second-order valence-electron chi connectivity index (χ2n) is 4.52. The highest BCUT2D eigenvalue weighted by Crippen LogP contribution is 2.44. The van der Waals surface area contributed by atoms with E-state index < -0.39 is 9.84 Å². The third-order valence-electron chi connectivity index (χ3n) is 3.14. The number of aromatic nitrogens is 2. The lowest BCUT2D eigenvalue weighted by atomic mass is 10.1. The first-order valence-corrected chi connectivity index (χ1v) is 7.69. The van der Waals surface area contributed by atoms with Crippen LogP contribution in [0.25, 0.3) is 11.1 Å². The molecule has 0 atom stereocenters. The fourth-order valence-electron chi connectivity index (χ4n) is 2.18. The predicted molar refractivity (Wildman–Crippen MR) is 72.3 cm³/mol. The molecule has 7 nitrogen and oxygen atoms in total. The van der Waals surface area contributed by atoms with Gasteiger partial charge in [-0.1, -0.05) is 0 Å². The van der Waals surface area contributed by atoms with Crippen molar-refractivity contribution in [2.45, 2.75) is 4.90 Å². The van der Waals surface area contributed by atoms with Crippen LogP contribution in [-0.2, 0) is 16.9 Å². The third-order valence-corrected chi connectivity index (χ3v) is 4.29. The molecule has 2 aromatic rings. The van der Waals surface area contributed by atoms with Gasteiger partial charge in [0.1, 0.15) is 10.7 Å². The van der Waals surface area contributed by atoms with Crippen LogP contribution in [-0.4, -0.2) is 31.2 Å². The first-order chi connectivity index (χ1) is 9.39. The molecular formula is C12H13N3O4S. The largest absolute Gasteiger partial charge is 0.454 e. The molecule has 20 heavy (non-hydrogen) atoms. The number of sulfone groups is 1. The average Bonchev–Trinajstić information content (AvgIpc) is 2.95. The second kappa shape index (κ2) is 4.14. The van der Waals surface area contributed by atoms with Crippen molar-refractivity contribution in [1.82, 2.24) is 9.78 Å². The molecule has 0 radical (unpaired) electrons. The Morgan fingerprint density at radius 1 is 1.30 bits per heavy atom. The van der Waals surface area contributed by atoms with Crippen molar-refractivity contribution in [3.63, 3.8) is 0 Å². The van der Waals surface area contributed by atoms with Gasteiger partial charge in [-0.2, -0.15) is 5.10 Å². The molecule has 0 aliphatic carbocycles. The Morgan fingerprint density at radius 3 is 2.65 bits per heavy atom. The summed E-state index contributed by atoms with van der Waals surface area (Å²) >= 11 is 0. The van der Waals surface area contributed by atoms with Crippen molar-refractivity contribution >= 4 is 15.7 Å². The smallest absolute Gasteiger partial charge is 0.231 e. The summed E-state index contributed by atoms with van der Waals surface area (Å²) in [7, 11) is -1.83. The van der Waals surface area contributed by atoms with Gasteiger partial charge in [-0.15, -0.1) is 0 Å². The van der Waals surface area contributed by atoms with Crippen LogP contribution >= 0.6 is 0 Å². The molecule has 1 aromatic carbocycles. The molecule has 3 rings (SSSR count). The Bertz CT molecular complexity index is 795. The number of hydrogen-bond donors (Lipinski definition) is 1. The maximum Gasteiger partial charge on any atom is 0.231 e. The summed E-state index contributed by atoms with van der Waals surface area (Å²) in [6, 6.07) is 3.32. The van der Waals surface area contributed by atoms with Crippen LogP contribution in [0, 0.1) is 0 Å². The lowest BCUT2D eigenvalue weighted by Crippen LogP contribution is -2.04. The fraction of sp³-hybridized carbons (Fsp3) is 0.250. The van der Waals surface area contributed by atoms with Crippen molar-refractivity contribution in [3.05, 3.63) is 18.3 Å². The molecule has 2 N–H and O–H groups in total. The molecule has 1 aliphatic rings. The van der Waals surface area contributed by atoms with Gasteiger partial charge in [-0.25, -0.2) is 8.42 Å². The minimum atomic E-state index is -3.51. The highest BCUT2D eigenvalue weighted by molar-refractivity contribution is 7.91. The van der Waals surface area contributed by atoms with Crippen molar-refractivity contribution < 1.29 is 17.9 Å². The molecule has 0 unspecified atom stereocenters. The van der Waals surface area contributed by atoms with E-state index in [2.05, 4.69) is 5.10 Å². The van der Waals surface area contributed by atoms with Gasteiger partial charge >= 0.3 is 0 Å². The predicted octanol–water partition coefficient (Wildman–Crippen LogP) is 0.802. The molecule has 0 fully saturated rings. The molecule has 1 aliphatic heterocycles. The van der Waals surface area contributed by atoms with Crippen LogP contribution < -0.4 is 15.2 Å². The third kappa shape index (κ3) is 1.80. The summed E-state index contributed by atoms with van der Waals surface area (Å²) in [5.74, 6) is 1.03. The highest BCUT2D eigenvalue weighted by Gasteiger charge is 2.29. The van der Waals surface area contributed by atoms with Crippen molar-refractivity contribution in [2.75, 3.05) is 18.8 Å². The summed E-state index contributed by atoms with van der Waals surface area (Å²) in [6.45, 7) is 0.00380. The zero-order valence-electron chi connectivity index (χ0n) is 11.0. The number of ether oxygens (including phenoxy) is 2. The molecular weight excluding hydrogens is 282 g/mol. The topological polar surface area (TPSA) is 96.4 Å². The molecule has 0 amide bonds. The second-order valence-corrected chi connectivity index (χ2v) is 6.47. The normalized spacial score (nSPS) is 13.7. The van der Waals surface area contributed by atoms with Crippen molar-refractivity contribution in [1.29, 1.82) is 0 Å². The van der Waals surface area contributed by atoms with Crippen LogP contribution in [0.1, 0.15) is 0 Å². The van der Waals surface area contributed by atoms with E-state index >= 15 is 0 Å². The van der Waals surface area contributed by atoms with Gasteiger partial charge in [-0.05, 0) is 12.1 Å².